The Morgan fingerprint density at radius 3 is 2.16 bits per heavy atom. The summed E-state index contributed by atoms with van der Waals surface area (Å²) < 4.78 is 0. The number of rotatable bonds is 12. The summed E-state index contributed by atoms with van der Waals surface area (Å²) >= 11 is 0. The number of benzene rings is 1. The Hall–Kier alpha value is -3.43. The van der Waals surface area contributed by atoms with Gasteiger partial charge in [-0.15, -0.1) is 0 Å². The fraction of sp³-hybridized carbons (Fsp3) is 0.667. The zero-order valence-electron chi connectivity index (χ0n) is 26.6. The van der Waals surface area contributed by atoms with E-state index in [-0.39, 0.29) is 41.0 Å². The van der Waals surface area contributed by atoms with Crippen LogP contribution in [0.1, 0.15) is 73.3 Å². The van der Waals surface area contributed by atoms with E-state index in [4.69, 9.17) is 5.73 Å². The first-order valence-electron chi connectivity index (χ1n) is 15.6. The fourth-order valence-corrected chi connectivity index (χ4v) is 6.64. The number of urea groups is 1. The minimum absolute atomic E-state index is 0.0904. The number of likely N-dealkylation sites (tertiary alicyclic amines) is 1. The summed E-state index contributed by atoms with van der Waals surface area (Å²) in [6, 6.07) is 6.62. The number of hydrogen-bond acceptors (Lipinski definition) is 5. The van der Waals surface area contributed by atoms with Gasteiger partial charge in [0, 0.05) is 12.6 Å². The van der Waals surface area contributed by atoms with Crippen LogP contribution in [0.2, 0.25) is 0 Å². The quantitative estimate of drug-likeness (QED) is 0.274. The van der Waals surface area contributed by atoms with Crippen molar-refractivity contribution in [2.24, 2.45) is 40.2 Å². The lowest BCUT2D eigenvalue weighted by atomic mass is 9.85. The van der Waals surface area contributed by atoms with Crippen molar-refractivity contribution in [1.29, 1.82) is 0 Å². The van der Waals surface area contributed by atoms with E-state index in [2.05, 4.69) is 29.8 Å². The molecule has 5 amide bonds. The number of nitrogens with one attached hydrogen (secondary N) is 3. The van der Waals surface area contributed by atoms with Gasteiger partial charge in [0.05, 0.1) is 6.04 Å². The van der Waals surface area contributed by atoms with Gasteiger partial charge in [-0.2, -0.15) is 0 Å². The first-order chi connectivity index (χ1) is 20.0. The van der Waals surface area contributed by atoms with Crippen molar-refractivity contribution in [3.63, 3.8) is 0 Å². The van der Waals surface area contributed by atoms with Crippen molar-refractivity contribution >= 4 is 29.5 Å². The highest BCUT2D eigenvalue weighted by molar-refractivity contribution is 6.37. The van der Waals surface area contributed by atoms with Crippen LogP contribution < -0.4 is 21.7 Å². The standard InChI is InChI=1S/C33H49N5O5/c1-18(2)22(15-19-11-9-8-10-12-19)36-31(43)37-27(32(3,4)5)30(42)38-17-21-24(33(21,6)7)25(38)29(41)35-23(16-20-13-14-20)26(39)28(34)40/h8-12,18,20-25,27H,13-17H2,1-7H3,(H2,34,40)(H,35,41)(H2,36,37,43)/t21-,22+,23?,24?,25-,27+/m0/s1. The zero-order chi connectivity index (χ0) is 31.9. The molecule has 3 fully saturated rings. The number of piperidine rings is 1. The molecule has 2 unspecified atom stereocenters. The molecule has 0 radical (unpaired) electrons. The van der Waals surface area contributed by atoms with E-state index in [0.29, 0.717) is 19.4 Å². The van der Waals surface area contributed by atoms with Gasteiger partial charge in [-0.1, -0.05) is 91.6 Å². The molecule has 1 aromatic carbocycles. The first-order valence-corrected chi connectivity index (χ1v) is 15.6. The number of Topliss-reactive ketones (excluding diaryl/α,β-unsaturated/α-hetero) is 1. The maximum absolute atomic E-state index is 14.2. The third-order valence-electron chi connectivity index (χ3n) is 9.71. The summed E-state index contributed by atoms with van der Waals surface area (Å²) in [5.74, 6) is -2.24. The predicted molar refractivity (Wildman–Crippen MR) is 163 cm³/mol. The van der Waals surface area contributed by atoms with E-state index in [0.717, 1.165) is 18.4 Å². The Labute approximate surface area is 255 Å². The van der Waals surface area contributed by atoms with Crippen LogP contribution in [-0.4, -0.2) is 65.1 Å². The predicted octanol–water partition coefficient (Wildman–Crippen LogP) is 2.79. The molecule has 1 aliphatic heterocycles. The third kappa shape index (κ3) is 7.39. The minimum atomic E-state index is -1.08. The van der Waals surface area contributed by atoms with E-state index in [1.54, 1.807) is 4.90 Å². The molecule has 1 saturated heterocycles. The van der Waals surface area contributed by atoms with Crippen LogP contribution in [-0.2, 0) is 25.6 Å². The van der Waals surface area contributed by atoms with Crippen LogP contribution in [0.15, 0.2) is 30.3 Å². The Balaban J connectivity index is 1.51. The van der Waals surface area contributed by atoms with Gasteiger partial charge in [0.25, 0.3) is 5.91 Å². The summed E-state index contributed by atoms with van der Waals surface area (Å²) in [7, 11) is 0. The lowest BCUT2D eigenvalue weighted by Gasteiger charge is -2.38. The Morgan fingerprint density at radius 2 is 1.63 bits per heavy atom. The van der Waals surface area contributed by atoms with Gasteiger partial charge in [0.15, 0.2) is 0 Å². The molecule has 2 aliphatic carbocycles. The monoisotopic (exact) mass is 595 g/mol. The fourth-order valence-electron chi connectivity index (χ4n) is 6.64. The van der Waals surface area contributed by atoms with E-state index in [1.807, 2.05) is 65.0 Å². The van der Waals surface area contributed by atoms with Crippen molar-refractivity contribution in [3.05, 3.63) is 35.9 Å². The van der Waals surface area contributed by atoms with Crippen molar-refractivity contribution in [1.82, 2.24) is 20.9 Å². The van der Waals surface area contributed by atoms with Gasteiger partial charge in [0.2, 0.25) is 17.6 Å². The summed E-state index contributed by atoms with van der Waals surface area (Å²) in [6.45, 7) is 14.3. The van der Waals surface area contributed by atoms with Gasteiger partial charge in [-0.05, 0) is 52.9 Å². The molecule has 10 heteroatoms. The van der Waals surface area contributed by atoms with Crippen LogP contribution >= 0.6 is 0 Å². The van der Waals surface area contributed by atoms with Crippen molar-refractivity contribution < 1.29 is 24.0 Å². The highest BCUT2D eigenvalue weighted by Crippen LogP contribution is 2.65. The topological polar surface area (TPSA) is 151 Å². The maximum atomic E-state index is 14.2. The van der Waals surface area contributed by atoms with Gasteiger partial charge >= 0.3 is 6.03 Å². The van der Waals surface area contributed by atoms with Crippen molar-refractivity contribution in [2.75, 3.05) is 6.54 Å². The summed E-state index contributed by atoms with van der Waals surface area (Å²) in [6.07, 6.45) is 2.89. The summed E-state index contributed by atoms with van der Waals surface area (Å²) in [5, 5.41) is 8.79. The maximum Gasteiger partial charge on any atom is 0.315 e. The van der Waals surface area contributed by atoms with Crippen LogP contribution in [0.4, 0.5) is 4.79 Å². The van der Waals surface area contributed by atoms with Gasteiger partial charge < -0.3 is 26.6 Å². The molecular formula is C33H49N5O5. The highest BCUT2D eigenvalue weighted by Gasteiger charge is 2.70. The Morgan fingerprint density at radius 1 is 1.00 bits per heavy atom. The van der Waals surface area contributed by atoms with Gasteiger partial charge in [0.1, 0.15) is 12.1 Å². The number of carbonyl (C=O) groups is 5. The first kappa shape index (κ1) is 32.5. The molecule has 3 aliphatic rings. The van der Waals surface area contributed by atoms with Crippen molar-refractivity contribution in [3.8, 4) is 0 Å². The van der Waals surface area contributed by atoms with Crippen LogP contribution in [0, 0.1) is 34.5 Å². The third-order valence-corrected chi connectivity index (χ3v) is 9.71. The molecule has 43 heavy (non-hydrogen) atoms. The molecule has 5 N–H and O–H groups in total. The number of nitrogens with zero attached hydrogens (tertiary/aromatic N) is 1. The molecule has 0 aromatic heterocycles. The van der Waals surface area contributed by atoms with Crippen molar-refractivity contribution in [2.45, 2.75) is 98.3 Å². The van der Waals surface area contributed by atoms with Crippen LogP contribution in [0.3, 0.4) is 0 Å². The normalized spacial score (nSPS) is 24.4. The average Bonchev–Trinajstić information content (AvgIpc) is 3.77. The largest absolute Gasteiger partial charge is 0.363 e. The lowest BCUT2D eigenvalue weighted by Crippen LogP contribution is -2.62. The molecule has 10 nitrogen and oxygen atoms in total. The number of carbonyl (C=O) groups excluding carboxylic acids is 5. The molecular weight excluding hydrogens is 546 g/mol. The second-order valence-corrected chi connectivity index (χ2v) is 14.8. The minimum Gasteiger partial charge on any atom is -0.363 e. The van der Waals surface area contributed by atoms with E-state index in [9.17, 15) is 24.0 Å². The van der Waals surface area contributed by atoms with E-state index < -0.39 is 47.2 Å². The number of hydrogen-bond donors (Lipinski definition) is 4. The molecule has 2 saturated carbocycles. The number of ketones is 1. The molecule has 236 valence electrons. The lowest BCUT2D eigenvalue weighted by molar-refractivity contribution is -0.145. The molecule has 0 spiro atoms. The van der Waals surface area contributed by atoms with Gasteiger partial charge in [-0.3, -0.25) is 19.2 Å². The molecule has 4 rings (SSSR count). The Bertz CT molecular complexity index is 1240. The summed E-state index contributed by atoms with van der Waals surface area (Å²) in [4.78, 5) is 67.2. The van der Waals surface area contributed by atoms with E-state index >= 15 is 0 Å². The molecule has 1 aromatic rings. The zero-order valence-corrected chi connectivity index (χ0v) is 26.6. The smallest absolute Gasteiger partial charge is 0.315 e. The highest BCUT2D eigenvalue weighted by atomic mass is 16.2. The van der Waals surface area contributed by atoms with Crippen LogP contribution in [0.25, 0.3) is 0 Å². The number of fused-ring (bicyclic) bond motifs is 1. The second-order valence-electron chi connectivity index (χ2n) is 14.8. The molecule has 1 heterocycles. The second kappa shape index (κ2) is 12.3. The number of primary amides is 1. The van der Waals surface area contributed by atoms with Crippen LogP contribution in [0.5, 0.6) is 0 Å². The number of amides is 5. The Kier molecular flexibility index (Phi) is 9.28. The molecule has 0 bridgehead atoms. The van der Waals surface area contributed by atoms with Gasteiger partial charge in [-0.25, -0.2) is 4.79 Å². The SMILES string of the molecule is CC(C)[C@@H](Cc1ccccc1)NC(=O)N[C@H](C(=O)N1C[C@H]2C([C@H]1C(=O)NC(CC1CC1)C(=O)C(N)=O)C2(C)C)C(C)(C)C. The number of nitrogens with two attached hydrogens (primary N) is 1. The van der Waals surface area contributed by atoms with E-state index in [1.165, 1.54) is 0 Å². The average molecular weight is 596 g/mol. The summed E-state index contributed by atoms with van der Waals surface area (Å²) in [5.41, 5.74) is 5.60. The molecule has 6 atom stereocenters.